The molecule has 0 radical (unpaired) electrons. The van der Waals surface area contributed by atoms with Crippen molar-refractivity contribution in [2.24, 2.45) is 0 Å². The molecule has 0 fully saturated rings. The van der Waals surface area contributed by atoms with E-state index in [0.29, 0.717) is 0 Å². The van der Waals surface area contributed by atoms with Gasteiger partial charge < -0.3 is 24.5 Å². The molecule has 0 bridgehead atoms. The van der Waals surface area contributed by atoms with Crippen LogP contribution < -0.4 is 21.2 Å². The highest BCUT2D eigenvalue weighted by atomic mass is 32.7. The summed E-state index contributed by atoms with van der Waals surface area (Å²) in [5.41, 5.74) is 0. The lowest BCUT2D eigenvalue weighted by molar-refractivity contribution is 1.75. The van der Waals surface area contributed by atoms with E-state index in [1.165, 1.54) is 21.2 Å². The summed E-state index contributed by atoms with van der Waals surface area (Å²) in [6.07, 6.45) is 0. The van der Waals surface area contributed by atoms with E-state index in [4.69, 9.17) is 37.1 Å². The van der Waals surface area contributed by atoms with Gasteiger partial charge in [-0.25, -0.2) is 0 Å². The van der Waals surface area contributed by atoms with Gasteiger partial charge in [0.15, 0.2) is 4.73 Å². The molecular weight excluding hydrogens is 386 g/mol. The predicted molar refractivity (Wildman–Crippen MR) is 119 cm³/mol. The summed E-state index contributed by atoms with van der Waals surface area (Å²) in [7, 11) is 0. The SMILES string of the molecule is [S-][P+]1(c2ccccc2)c2ccccc2[P+]([S-])(c2ccccc2)C1S. The molecule has 0 amide bonds. The molecule has 1 heterocycles. The Labute approximate surface area is 160 Å². The van der Waals surface area contributed by atoms with Gasteiger partial charge in [-0.3, -0.25) is 0 Å². The quantitative estimate of drug-likeness (QED) is 0.394. The highest BCUT2D eigenvalue weighted by Gasteiger charge is 2.60. The molecule has 0 N–H and O–H groups in total. The van der Waals surface area contributed by atoms with Crippen LogP contribution in [0.4, 0.5) is 0 Å². The largest absolute Gasteiger partial charge is 0.541 e. The van der Waals surface area contributed by atoms with E-state index in [2.05, 4.69) is 72.8 Å². The molecule has 1 aliphatic rings. The van der Waals surface area contributed by atoms with Crippen LogP contribution in [0.25, 0.3) is 0 Å². The lowest BCUT2D eigenvalue weighted by atomic mass is 10.4. The van der Waals surface area contributed by atoms with Crippen molar-refractivity contribution in [2.45, 2.75) is 4.73 Å². The maximum Gasteiger partial charge on any atom is 0.190 e. The van der Waals surface area contributed by atoms with Crippen LogP contribution in [-0.2, 0) is 24.5 Å². The zero-order valence-electron chi connectivity index (χ0n) is 12.8. The van der Waals surface area contributed by atoms with Crippen LogP contribution in [0.1, 0.15) is 0 Å². The molecule has 1 aliphatic heterocycles. The summed E-state index contributed by atoms with van der Waals surface area (Å²) in [5, 5.41) is 4.96. The summed E-state index contributed by atoms with van der Waals surface area (Å²) < 4.78 is 0.0113. The number of hydrogen-bond donors (Lipinski definition) is 1. The Kier molecular flexibility index (Phi) is 4.52. The fourth-order valence-electron chi connectivity index (χ4n) is 3.35. The second-order valence-electron chi connectivity index (χ2n) is 5.82. The molecule has 4 rings (SSSR count). The molecule has 5 heteroatoms. The average Bonchev–Trinajstić information content (AvgIpc) is 2.84. The molecule has 0 aromatic heterocycles. The highest BCUT2D eigenvalue weighted by Crippen LogP contribution is 2.82. The van der Waals surface area contributed by atoms with E-state index in [1.54, 1.807) is 0 Å². The second kappa shape index (κ2) is 6.38. The van der Waals surface area contributed by atoms with Gasteiger partial charge in [0.05, 0.1) is 10.6 Å². The van der Waals surface area contributed by atoms with Crippen molar-refractivity contribution >= 4 is 71.3 Å². The van der Waals surface area contributed by atoms with Crippen molar-refractivity contribution < 1.29 is 0 Å². The number of rotatable bonds is 2. The van der Waals surface area contributed by atoms with Crippen LogP contribution in [0.5, 0.6) is 0 Å². The van der Waals surface area contributed by atoms with Gasteiger partial charge >= 0.3 is 0 Å². The molecule has 0 aliphatic carbocycles. The summed E-state index contributed by atoms with van der Waals surface area (Å²) >= 11 is 17.8. The Morgan fingerprint density at radius 2 is 0.917 bits per heavy atom. The smallest absolute Gasteiger partial charge is 0.190 e. The van der Waals surface area contributed by atoms with E-state index in [-0.39, 0.29) is 4.73 Å². The summed E-state index contributed by atoms with van der Waals surface area (Å²) in [6, 6.07) is 29.5. The van der Waals surface area contributed by atoms with Gasteiger partial charge in [-0.05, 0) is 36.4 Å². The summed E-state index contributed by atoms with van der Waals surface area (Å²) in [5.74, 6) is 0. The number of benzene rings is 3. The molecule has 2 atom stereocenters. The first-order valence-corrected chi connectivity index (χ1v) is 13.9. The maximum absolute atomic E-state index is 6.36. The van der Waals surface area contributed by atoms with Crippen molar-refractivity contribution in [3.05, 3.63) is 84.9 Å². The fourth-order valence-corrected chi connectivity index (χ4v) is 18.7. The van der Waals surface area contributed by atoms with Crippen molar-refractivity contribution in [2.75, 3.05) is 0 Å². The van der Waals surface area contributed by atoms with Gasteiger partial charge in [0.2, 0.25) is 0 Å². The lowest BCUT2D eigenvalue weighted by Crippen LogP contribution is -2.26. The Balaban J connectivity index is 2.01. The molecule has 0 saturated heterocycles. The molecular formula is C19H16P2S3. The number of thiol groups is 1. The van der Waals surface area contributed by atoms with Gasteiger partial charge in [0, 0.05) is 12.9 Å². The van der Waals surface area contributed by atoms with Gasteiger partial charge in [-0.15, -0.1) is 0 Å². The van der Waals surface area contributed by atoms with Crippen LogP contribution in [0.15, 0.2) is 84.9 Å². The maximum atomic E-state index is 6.36. The fraction of sp³-hybridized carbons (Fsp3) is 0.0526. The minimum atomic E-state index is -2.05. The Morgan fingerprint density at radius 1 is 0.583 bits per heavy atom. The third kappa shape index (κ3) is 2.33. The third-order valence-electron chi connectivity index (χ3n) is 4.53. The molecule has 0 nitrogen and oxygen atoms in total. The first kappa shape index (κ1) is 17.0. The molecule has 120 valence electrons. The molecule has 2 unspecified atom stereocenters. The van der Waals surface area contributed by atoms with Crippen LogP contribution in [-0.4, -0.2) is 4.73 Å². The van der Waals surface area contributed by atoms with Crippen LogP contribution in [0, 0.1) is 0 Å². The van der Waals surface area contributed by atoms with E-state index in [0.717, 1.165) is 0 Å². The summed E-state index contributed by atoms with van der Waals surface area (Å²) in [4.78, 5) is 0. The molecule has 0 saturated carbocycles. The molecule has 0 spiro atoms. The normalized spacial score (nSPS) is 28.5. The van der Waals surface area contributed by atoms with E-state index in [9.17, 15) is 0 Å². The minimum Gasteiger partial charge on any atom is -0.541 e. The van der Waals surface area contributed by atoms with E-state index in [1.807, 2.05) is 12.1 Å². The Morgan fingerprint density at radius 3 is 1.29 bits per heavy atom. The second-order valence-corrected chi connectivity index (χ2v) is 16.7. The van der Waals surface area contributed by atoms with Gasteiger partial charge in [-0.2, -0.15) is 0 Å². The Hall–Kier alpha value is -0.430. The van der Waals surface area contributed by atoms with Crippen molar-refractivity contribution in [3.8, 4) is 0 Å². The molecule has 24 heavy (non-hydrogen) atoms. The standard InChI is InChI=1S/C19H16P2S3/c22-19-20(23,15-9-3-1-4-10-15)17-13-7-8-14-18(17)21(19,24)16-11-5-2-6-12-16/h1-14,19,22H. The van der Waals surface area contributed by atoms with Crippen molar-refractivity contribution in [1.29, 1.82) is 0 Å². The van der Waals surface area contributed by atoms with Gasteiger partial charge in [0.1, 0.15) is 10.6 Å². The molecule has 3 aromatic carbocycles. The third-order valence-corrected chi connectivity index (χ3v) is 20.1. The topological polar surface area (TPSA) is 0 Å². The van der Waals surface area contributed by atoms with Crippen molar-refractivity contribution in [3.63, 3.8) is 0 Å². The summed E-state index contributed by atoms with van der Waals surface area (Å²) in [6.45, 7) is -4.10. The van der Waals surface area contributed by atoms with Gasteiger partial charge in [0.25, 0.3) is 0 Å². The minimum absolute atomic E-state index is 0.0113. The first-order chi connectivity index (χ1) is 11.6. The zero-order chi connectivity index (χ0) is 16.8. The average molecular weight is 402 g/mol. The monoisotopic (exact) mass is 402 g/mol. The first-order valence-electron chi connectivity index (χ1n) is 7.68. The van der Waals surface area contributed by atoms with E-state index >= 15 is 0 Å². The van der Waals surface area contributed by atoms with Crippen LogP contribution in [0.3, 0.4) is 0 Å². The van der Waals surface area contributed by atoms with E-state index < -0.39 is 12.9 Å². The van der Waals surface area contributed by atoms with Gasteiger partial charge in [-0.1, -0.05) is 61.2 Å². The molecule has 3 aromatic rings. The number of hydrogen-bond acceptors (Lipinski definition) is 3. The van der Waals surface area contributed by atoms with Crippen LogP contribution in [0.2, 0.25) is 0 Å². The highest BCUT2D eigenvalue weighted by molar-refractivity contribution is 8.63. The van der Waals surface area contributed by atoms with Crippen molar-refractivity contribution in [1.82, 2.24) is 0 Å². The predicted octanol–water partition coefficient (Wildman–Crippen LogP) is 3.77. The number of fused-ring (bicyclic) bond motifs is 1. The lowest BCUT2D eigenvalue weighted by Gasteiger charge is -2.37. The Bertz CT molecular complexity index is 800. The van der Waals surface area contributed by atoms with Crippen LogP contribution >= 0.6 is 25.6 Å². The zero-order valence-corrected chi connectivity index (χ0v) is 17.1.